The first-order chi connectivity index (χ1) is 14.2. The van der Waals surface area contributed by atoms with E-state index in [4.69, 9.17) is 11.6 Å². The lowest BCUT2D eigenvalue weighted by molar-refractivity contribution is 0.104. The summed E-state index contributed by atoms with van der Waals surface area (Å²) in [6.07, 6.45) is 0. The third kappa shape index (κ3) is 4.88. The fourth-order valence-corrected chi connectivity index (χ4v) is 4.31. The first-order valence-electron chi connectivity index (χ1n) is 10.2. The maximum absolute atomic E-state index is 9.60. The molecule has 0 bridgehead atoms. The van der Waals surface area contributed by atoms with Crippen molar-refractivity contribution in [3.8, 4) is 0 Å². The van der Waals surface area contributed by atoms with Crippen LogP contribution in [-0.2, 0) is 13.2 Å². The van der Waals surface area contributed by atoms with Crippen LogP contribution in [0.3, 0.4) is 0 Å². The maximum Gasteiger partial charge on any atom is 0.0685 e. The smallest absolute Gasteiger partial charge is 0.0685 e. The summed E-state index contributed by atoms with van der Waals surface area (Å²) in [6, 6.07) is 27.4. The van der Waals surface area contributed by atoms with Gasteiger partial charge >= 0.3 is 0 Å². The van der Waals surface area contributed by atoms with Gasteiger partial charge in [0.05, 0.1) is 12.6 Å². The highest BCUT2D eigenvalue weighted by Crippen LogP contribution is 2.30. The summed E-state index contributed by atoms with van der Waals surface area (Å²) in [6.45, 7) is 5.02. The molecule has 1 heterocycles. The molecule has 0 aliphatic carbocycles. The van der Waals surface area contributed by atoms with Crippen LogP contribution in [0.2, 0.25) is 5.02 Å². The van der Waals surface area contributed by atoms with Crippen LogP contribution >= 0.6 is 11.6 Å². The fourth-order valence-electron chi connectivity index (χ4n) is 4.18. The van der Waals surface area contributed by atoms with Crippen molar-refractivity contribution in [3.05, 3.63) is 106 Å². The third-order valence-electron chi connectivity index (χ3n) is 5.76. The van der Waals surface area contributed by atoms with Crippen molar-refractivity contribution in [2.45, 2.75) is 19.2 Å². The minimum atomic E-state index is 0.1000. The number of aliphatic hydroxyl groups excluding tert-OH is 1. The van der Waals surface area contributed by atoms with Crippen molar-refractivity contribution in [3.63, 3.8) is 0 Å². The van der Waals surface area contributed by atoms with Crippen LogP contribution in [0.15, 0.2) is 78.9 Å². The molecule has 4 rings (SSSR count). The van der Waals surface area contributed by atoms with Crippen LogP contribution in [0, 0.1) is 0 Å². The van der Waals surface area contributed by atoms with Gasteiger partial charge in [-0.3, -0.25) is 9.80 Å². The van der Waals surface area contributed by atoms with Crippen molar-refractivity contribution in [1.29, 1.82) is 0 Å². The summed E-state index contributed by atoms with van der Waals surface area (Å²) in [7, 11) is 0. The fraction of sp³-hybridized carbons (Fsp3) is 0.280. The van der Waals surface area contributed by atoms with E-state index in [9.17, 15) is 5.11 Å². The molecule has 1 atom stereocenters. The van der Waals surface area contributed by atoms with Gasteiger partial charge in [0, 0.05) is 37.7 Å². The number of hydrogen-bond acceptors (Lipinski definition) is 3. The number of nitrogens with zero attached hydrogens (tertiary/aromatic N) is 2. The molecule has 0 amide bonds. The second-order valence-corrected chi connectivity index (χ2v) is 8.04. The number of hydrogen-bond donors (Lipinski definition) is 1. The number of rotatable bonds is 6. The summed E-state index contributed by atoms with van der Waals surface area (Å²) in [5.41, 5.74) is 4.84. The lowest BCUT2D eigenvalue weighted by atomic mass is 9.96. The Labute approximate surface area is 178 Å². The summed E-state index contributed by atoms with van der Waals surface area (Å²) >= 11 is 6.13. The van der Waals surface area contributed by atoms with Crippen LogP contribution in [0.5, 0.6) is 0 Å². The van der Waals surface area contributed by atoms with Gasteiger partial charge in [0.25, 0.3) is 0 Å². The molecule has 3 nitrogen and oxygen atoms in total. The van der Waals surface area contributed by atoms with Crippen LogP contribution in [0.4, 0.5) is 0 Å². The van der Waals surface area contributed by atoms with E-state index in [1.165, 1.54) is 16.7 Å². The molecule has 1 aliphatic heterocycles. The van der Waals surface area contributed by atoms with Gasteiger partial charge in [-0.1, -0.05) is 78.3 Å². The lowest BCUT2D eigenvalue weighted by Crippen LogP contribution is -2.47. The second-order valence-electron chi connectivity index (χ2n) is 7.60. The van der Waals surface area contributed by atoms with E-state index in [0.717, 1.165) is 43.3 Å². The highest BCUT2D eigenvalue weighted by Gasteiger charge is 2.26. The molecular formula is C25H27ClN2O. The van der Waals surface area contributed by atoms with Gasteiger partial charge in [-0.25, -0.2) is 0 Å². The molecule has 29 heavy (non-hydrogen) atoms. The molecular weight excluding hydrogens is 380 g/mol. The summed E-state index contributed by atoms with van der Waals surface area (Å²) in [4.78, 5) is 5.04. The summed E-state index contributed by atoms with van der Waals surface area (Å²) in [5, 5.41) is 10.4. The first kappa shape index (κ1) is 20.1. The Kier molecular flexibility index (Phi) is 6.63. The van der Waals surface area contributed by atoms with Crippen molar-refractivity contribution in [2.75, 3.05) is 26.2 Å². The van der Waals surface area contributed by atoms with E-state index >= 15 is 0 Å². The minimum absolute atomic E-state index is 0.1000. The van der Waals surface area contributed by atoms with Gasteiger partial charge in [-0.2, -0.15) is 0 Å². The largest absolute Gasteiger partial charge is 0.392 e. The Morgan fingerprint density at radius 2 is 1.31 bits per heavy atom. The van der Waals surface area contributed by atoms with E-state index < -0.39 is 0 Å². The standard InChI is InChI=1S/C25H27ClN2O/c26-24-12-10-21(11-13-24)25(20-6-2-1-3-7-20)28-16-14-27(15-17-28)18-22-8-4-5-9-23(22)19-29/h1-13,25,29H,14-19H2/t25-/m1/s1. The second kappa shape index (κ2) is 9.55. The van der Waals surface area contributed by atoms with Gasteiger partial charge in [0.15, 0.2) is 0 Å². The van der Waals surface area contributed by atoms with Gasteiger partial charge in [0.1, 0.15) is 0 Å². The first-order valence-corrected chi connectivity index (χ1v) is 10.6. The zero-order valence-corrected chi connectivity index (χ0v) is 17.3. The molecule has 3 aromatic rings. The Morgan fingerprint density at radius 3 is 1.97 bits per heavy atom. The van der Waals surface area contributed by atoms with Crippen LogP contribution in [0.25, 0.3) is 0 Å². The van der Waals surface area contributed by atoms with E-state index in [2.05, 4.69) is 64.4 Å². The normalized spacial score (nSPS) is 16.6. The molecule has 0 unspecified atom stereocenters. The van der Waals surface area contributed by atoms with Gasteiger partial charge in [-0.05, 0) is 34.4 Å². The highest BCUT2D eigenvalue weighted by molar-refractivity contribution is 6.30. The van der Waals surface area contributed by atoms with Crippen LogP contribution < -0.4 is 0 Å². The van der Waals surface area contributed by atoms with Gasteiger partial charge in [-0.15, -0.1) is 0 Å². The molecule has 3 aromatic carbocycles. The molecule has 1 fully saturated rings. The Bertz CT molecular complexity index is 906. The van der Waals surface area contributed by atoms with Crippen molar-refractivity contribution in [2.24, 2.45) is 0 Å². The molecule has 4 heteroatoms. The van der Waals surface area contributed by atoms with E-state index in [1.54, 1.807) is 0 Å². The maximum atomic E-state index is 9.60. The Balaban J connectivity index is 1.49. The SMILES string of the molecule is OCc1ccccc1CN1CCN([C@H](c2ccccc2)c2ccc(Cl)cc2)CC1. The summed E-state index contributed by atoms with van der Waals surface area (Å²) in [5.74, 6) is 0. The number of halogens is 1. The van der Waals surface area contributed by atoms with Gasteiger partial charge < -0.3 is 5.11 Å². The minimum Gasteiger partial charge on any atom is -0.392 e. The van der Waals surface area contributed by atoms with Gasteiger partial charge in [0.2, 0.25) is 0 Å². The Morgan fingerprint density at radius 1 is 0.724 bits per heavy atom. The van der Waals surface area contributed by atoms with Crippen molar-refractivity contribution < 1.29 is 5.11 Å². The molecule has 150 valence electrons. The zero-order valence-electron chi connectivity index (χ0n) is 16.5. The van der Waals surface area contributed by atoms with Crippen LogP contribution in [0.1, 0.15) is 28.3 Å². The molecule has 0 spiro atoms. The van der Waals surface area contributed by atoms with E-state index in [0.29, 0.717) is 0 Å². The predicted molar refractivity (Wildman–Crippen MR) is 119 cm³/mol. The molecule has 1 aliphatic rings. The molecule has 0 radical (unpaired) electrons. The monoisotopic (exact) mass is 406 g/mol. The summed E-state index contributed by atoms with van der Waals surface area (Å²) < 4.78 is 0. The van der Waals surface area contributed by atoms with E-state index in [1.807, 2.05) is 24.3 Å². The van der Waals surface area contributed by atoms with E-state index in [-0.39, 0.29) is 12.6 Å². The van der Waals surface area contributed by atoms with Crippen LogP contribution in [-0.4, -0.2) is 41.1 Å². The average molecular weight is 407 g/mol. The molecule has 0 saturated carbocycles. The number of piperazine rings is 1. The molecule has 1 saturated heterocycles. The predicted octanol–water partition coefficient (Wildman–Crippen LogP) is 4.74. The van der Waals surface area contributed by atoms with Crippen molar-refractivity contribution >= 4 is 11.6 Å². The lowest BCUT2D eigenvalue weighted by Gasteiger charge is -2.40. The highest BCUT2D eigenvalue weighted by atomic mass is 35.5. The molecule has 0 aromatic heterocycles. The third-order valence-corrected chi connectivity index (χ3v) is 6.01. The average Bonchev–Trinajstić information content (AvgIpc) is 2.77. The quantitative estimate of drug-likeness (QED) is 0.640. The number of benzene rings is 3. The molecule has 1 N–H and O–H groups in total. The van der Waals surface area contributed by atoms with Crippen molar-refractivity contribution in [1.82, 2.24) is 9.80 Å². The topological polar surface area (TPSA) is 26.7 Å². The number of aliphatic hydroxyl groups is 1. The Hall–Kier alpha value is -2.17. The zero-order chi connectivity index (χ0) is 20.1.